The monoisotopic (exact) mass is 163 g/mol. The van der Waals surface area contributed by atoms with E-state index in [0.717, 1.165) is 0 Å². The van der Waals surface area contributed by atoms with Gasteiger partial charge in [-0.1, -0.05) is 0 Å². The molecule has 0 N–H and O–H groups in total. The van der Waals surface area contributed by atoms with Gasteiger partial charge in [-0.05, 0) is 0 Å². The Labute approximate surface area is 52.6 Å². The van der Waals surface area contributed by atoms with Crippen molar-refractivity contribution in [1.82, 2.24) is 0 Å². The first-order chi connectivity index (χ1) is 0. The summed E-state index contributed by atoms with van der Waals surface area (Å²) in [5, 5.41) is 0. The summed E-state index contributed by atoms with van der Waals surface area (Å²) in [5.74, 6) is 0. The van der Waals surface area contributed by atoms with E-state index in [1.54, 1.807) is 0 Å². The smallest absolute Gasteiger partial charge is 0 e. The van der Waals surface area contributed by atoms with E-state index >= 15 is 0 Å². The first-order valence-electron chi connectivity index (χ1n) is 0. The first kappa shape index (κ1) is 484. The molecule has 0 aliphatic rings. The fourth-order valence-electron chi connectivity index (χ4n) is 0. The van der Waals surface area contributed by atoms with Crippen LogP contribution >= 0.6 is 12.4 Å². The Morgan fingerprint density at radius 2 is 0.667 bits per heavy atom. The van der Waals surface area contributed by atoms with Crippen LogP contribution in [0.15, 0.2) is 0 Å². The minimum atomic E-state index is 0. The van der Waals surface area contributed by atoms with E-state index in [1.165, 1.54) is 0 Å². The summed E-state index contributed by atoms with van der Waals surface area (Å²) in [6, 6.07) is 0. The second-order valence-electron chi connectivity index (χ2n) is 0. The van der Waals surface area contributed by atoms with E-state index in [0.29, 0.717) is 0 Å². The van der Waals surface area contributed by atoms with Crippen LogP contribution in [0.5, 0.6) is 0 Å². The Morgan fingerprint density at radius 1 is 0.667 bits per heavy atom. The van der Waals surface area contributed by atoms with E-state index in [1.807, 2.05) is 0 Å². The Morgan fingerprint density at radius 3 is 0.667 bits per heavy atom. The zero-order valence-electron chi connectivity index (χ0n) is 2.56. The van der Waals surface area contributed by atoms with Gasteiger partial charge in [-0.3, -0.25) is 14.1 Å². The molecule has 6 heavy (non-hydrogen) atoms. The molecule has 0 saturated heterocycles. The fourth-order valence-corrected chi connectivity index (χ4v) is 0. The third-order valence-corrected chi connectivity index (χ3v) is 0. The van der Waals surface area contributed by atoms with Gasteiger partial charge in [-0.15, -0.1) is 12.4 Å². The summed E-state index contributed by atoms with van der Waals surface area (Å²) >= 11 is 0. The Hall–Kier alpha value is 0.664. The number of hydrogen-bond acceptors (Lipinski definition) is 0. The molecular weight excluding hydrogens is 159 g/mol. The third-order valence-electron chi connectivity index (χ3n) is 0. The largest absolute Gasteiger partial charge is 0.269 e. The van der Waals surface area contributed by atoms with Crippen molar-refractivity contribution in [1.29, 1.82) is 0 Å². The van der Waals surface area contributed by atoms with Gasteiger partial charge in [-0.25, -0.2) is 0 Å². The average molecular weight is 163 g/mol. The molecule has 0 aliphatic heterocycles. The van der Waals surface area contributed by atoms with E-state index < -0.39 is 0 Å². The van der Waals surface area contributed by atoms with Crippen molar-refractivity contribution in [2.45, 2.75) is 0 Å². The van der Waals surface area contributed by atoms with Gasteiger partial charge in [0.25, 0.3) is 0 Å². The predicted octanol–water partition coefficient (Wildman–Crippen LogP) is 0.496. The molecule has 6 heteroatoms. The first-order valence-corrected chi connectivity index (χ1v) is 0. The molecule has 0 aliphatic carbocycles. The van der Waals surface area contributed by atoms with E-state index in [-0.39, 0.29) is 52.0 Å². The Balaban J connectivity index is 0. The number of halogens is 4. The molecule has 0 heterocycles. The van der Waals surface area contributed by atoms with Gasteiger partial charge in [-0.2, -0.15) is 0 Å². The summed E-state index contributed by atoms with van der Waals surface area (Å²) in [4.78, 5) is 0. The van der Waals surface area contributed by atoms with Crippen LogP contribution in [0, 0.1) is 0 Å². The third kappa shape index (κ3) is 142. The molecule has 3 radical (unpaired) electrons. The standard InChI is InChI=1S/B.ClH.3FH.Fe/h;4*1H;. The SMILES string of the molecule is Cl.F.F.F.[B].[Fe]. The summed E-state index contributed by atoms with van der Waals surface area (Å²) in [5.41, 5.74) is 0. The van der Waals surface area contributed by atoms with Crippen LogP contribution in [0.3, 0.4) is 0 Å². The van der Waals surface area contributed by atoms with Crippen LogP contribution in [0.2, 0.25) is 0 Å². The Kier molecular flexibility index (Phi) is 22500. The van der Waals surface area contributed by atoms with Crippen molar-refractivity contribution in [3.63, 3.8) is 0 Å². The van der Waals surface area contributed by atoms with E-state index in [2.05, 4.69) is 0 Å². The molecule has 0 rings (SSSR count). The summed E-state index contributed by atoms with van der Waals surface area (Å²) in [6.45, 7) is 0. The predicted molar refractivity (Wildman–Crippen MR) is 20.5 cm³/mol. The summed E-state index contributed by atoms with van der Waals surface area (Å²) < 4.78 is 0. The molecule has 0 aromatic carbocycles. The Bertz CT molecular complexity index is 10.8. The van der Waals surface area contributed by atoms with Gasteiger partial charge in [0.1, 0.15) is 0 Å². The van der Waals surface area contributed by atoms with Gasteiger partial charge in [0.15, 0.2) is 0 Å². The van der Waals surface area contributed by atoms with E-state index in [9.17, 15) is 0 Å². The molecule has 0 amide bonds. The maximum absolute atomic E-state index is 0. The van der Waals surface area contributed by atoms with Crippen molar-refractivity contribution in [3.8, 4) is 0 Å². The van der Waals surface area contributed by atoms with Crippen LogP contribution in [-0.2, 0) is 17.1 Å². The van der Waals surface area contributed by atoms with E-state index in [4.69, 9.17) is 0 Å². The molecule has 0 saturated carbocycles. The number of hydrogen-bond donors (Lipinski definition) is 0. The van der Waals surface area contributed by atoms with Gasteiger partial charge < -0.3 is 0 Å². The van der Waals surface area contributed by atoms with Gasteiger partial charge in [0.2, 0.25) is 0 Å². The maximum Gasteiger partial charge on any atom is 0 e. The molecular formula is H4BClF3Fe. The van der Waals surface area contributed by atoms with Crippen LogP contribution in [0.4, 0.5) is 14.1 Å². The van der Waals surface area contributed by atoms with Crippen molar-refractivity contribution in [2.75, 3.05) is 0 Å². The zero-order valence-corrected chi connectivity index (χ0v) is 4.48. The fraction of sp³-hybridized carbons (Fsp3) is 0. The minimum Gasteiger partial charge on any atom is -0.269 e. The molecule has 0 aromatic rings. The zero-order chi connectivity index (χ0) is 0. The second-order valence-corrected chi connectivity index (χ2v) is 0. The van der Waals surface area contributed by atoms with Crippen molar-refractivity contribution < 1.29 is 31.2 Å². The molecule has 0 atom stereocenters. The maximum atomic E-state index is 0. The average Bonchev–Trinajstić information content (AvgIpc) is 0. The quantitative estimate of drug-likeness (QED) is 0.456. The number of rotatable bonds is 0. The van der Waals surface area contributed by atoms with Crippen LogP contribution in [-0.4, -0.2) is 8.41 Å². The van der Waals surface area contributed by atoms with Crippen LogP contribution in [0.25, 0.3) is 0 Å². The second kappa shape index (κ2) is 279. The molecule has 0 nitrogen and oxygen atoms in total. The van der Waals surface area contributed by atoms with Gasteiger partial charge in [0.05, 0.1) is 0 Å². The van der Waals surface area contributed by atoms with Crippen molar-refractivity contribution in [3.05, 3.63) is 0 Å². The molecule has 43 valence electrons. The topological polar surface area (TPSA) is 0 Å². The summed E-state index contributed by atoms with van der Waals surface area (Å²) in [7, 11) is 0. The van der Waals surface area contributed by atoms with Gasteiger partial charge in [0, 0.05) is 25.5 Å². The molecule has 0 bridgehead atoms. The van der Waals surface area contributed by atoms with Crippen molar-refractivity contribution in [2.24, 2.45) is 0 Å². The van der Waals surface area contributed by atoms with Gasteiger partial charge >= 0.3 is 0 Å². The molecule has 0 aromatic heterocycles. The minimum absolute atomic E-state index is 0. The van der Waals surface area contributed by atoms with Crippen molar-refractivity contribution >= 4 is 20.8 Å². The molecule has 0 fully saturated rings. The molecule has 0 unspecified atom stereocenters. The summed E-state index contributed by atoms with van der Waals surface area (Å²) in [6.07, 6.45) is 0. The molecule has 0 spiro atoms. The van der Waals surface area contributed by atoms with Crippen LogP contribution < -0.4 is 0 Å². The van der Waals surface area contributed by atoms with Crippen LogP contribution in [0.1, 0.15) is 0 Å². The normalized spacial score (nSPS) is 0.